The number of hydrogen-bond donors (Lipinski definition) is 1. The second kappa shape index (κ2) is 4.11. The number of anilines is 1. The Hall–Kier alpha value is -1.22. The van der Waals surface area contributed by atoms with Gasteiger partial charge in [-0.05, 0) is 36.2 Å². The molecular formula is C12H18N2O. The molecule has 1 aromatic rings. The van der Waals surface area contributed by atoms with E-state index in [1.807, 2.05) is 0 Å². The van der Waals surface area contributed by atoms with Gasteiger partial charge in [0.15, 0.2) is 0 Å². The number of likely N-dealkylation sites (N-methyl/N-ethyl adjacent to an activating group) is 1. The summed E-state index contributed by atoms with van der Waals surface area (Å²) in [5, 5.41) is 0. The van der Waals surface area contributed by atoms with Crippen LogP contribution in [0.2, 0.25) is 0 Å². The van der Waals surface area contributed by atoms with Gasteiger partial charge in [0.1, 0.15) is 5.75 Å². The molecule has 1 heterocycles. The molecular weight excluding hydrogens is 188 g/mol. The topological polar surface area (TPSA) is 38.5 Å². The zero-order valence-corrected chi connectivity index (χ0v) is 9.42. The van der Waals surface area contributed by atoms with E-state index < -0.39 is 0 Å². The van der Waals surface area contributed by atoms with Gasteiger partial charge in [0.2, 0.25) is 0 Å². The molecule has 1 aliphatic rings. The Kier molecular flexibility index (Phi) is 2.82. The number of fused-ring (bicyclic) bond motifs is 1. The second-order valence-electron chi connectivity index (χ2n) is 3.98. The minimum atomic E-state index is 0.745. The summed E-state index contributed by atoms with van der Waals surface area (Å²) in [4.78, 5) is 2.42. The predicted octanol–water partition coefficient (Wildman–Crippen LogP) is 1.66. The molecule has 2 rings (SSSR count). The van der Waals surface area contributed by atoms with Crippen molar-refractivity contribution in [2.45, 2.75) is 19.9 Å². The smallest absolute Gasteiger partial charge is 0.142 e. The van der Waals surface area contributed by atoms with Gasteiger partial charge in [0.05, 0.1) is 12.8 Å². The van der Waals surface area contributed by atoms with Crippen molar-refractivity contribution in [3.8, 4) is 5.75 Å². The standard InChI is InChI=1S/C12H18N2O/c1-3-14-5-4-9-7-12(15-2)11(13)6-10(9)8-14/h6-7H,3-5,8,13H2,1-2H3. The monoisotopic (exact) mass is 206 g/mol. The van der Waals surface area contributed by atoms with Crippen LogP contribution in [-0.4, -0.2) is 25.1 Å². The highest BCUT2D eigenvalue weighted by molar-refractivity contribution is 5.57. The minimum Gasteiger partial charge on any atom is -0.495 e. The van der Waals surface area contributed by atoms with Crippen molar-refractivity contribution in [2.75, 3.05) is 25.9 Å². The molecule has 3 nitrogen and oxygen atoms in total. The number of methoxy groups -OCH3 is 1. The van der Waals surface area contributed by atoms with Gasteiger partial charge < -0.3 is 10.5 Å². The fraction of sp³-hybridized carbons (Fsp3) is 0.500. The third-order valence-electron chi connectivity index (χ3n) is 3.09. The van der Waals surface area contributed by atoms with Gasteiger partial charge in [-0.2, -0.15) is 0 Å². The van der Waals surface area contributed by atoms with Gasteiger partial charge in [-0.15, -0.1) is 0 Å². The van der Waals surface area contributed by atoms with E-state index in [-0.39, 0.29) is 0 Å². The zero-order chi connectivity index (χ0) is 10.8. The molecule has 2 N–H and O–H groups in total. The summed E-state index contributed by atoms with van der Waals surface area (Å²) in [6.07, 6.45) is 1.10. The maximum Gasteiger partial charge on any atom is 0.142 e. The maximum atomic E-state index is 5.90. The highest BCUT2D eigenvalue weighted by Gasteiger charge is 2.16. The fourth-order valence-electron chi connectivity index (χ4n) is 2.11. The predicted molar refractivity (Wildman–Crippen MR) is 62.1 cm³/mol. The highest BCUT2D eigenvalue weighted by atomic mass is 16.5. The SMILES string of the molecule is CCN1CCc2cc(OC)c(N)cc2C1. The first-order valence-electron chi connectivity index (χ1n) is 5.42. The Morgan fingerprint density at radius 3 is 2.87 bits per heavy atom. The van der Waals surface area contributed by atoms with Crippen LogP contribution in [0.25, 0.3) is 0 Å². The van der Waals surface area contributed by atoms with E-state index in [9.17, 15) is 0 Å². The Morgan fingerprint density at radius 1 is 1.40 bits per heavy atom. The van der Waals surface area contributed by atoms with E-state index in [2.05, 4.69) is 24.0 Å². The lowest BCUT2D eigenvalue weighted by Gasteiger charge is -2.28. The fourth-order valence-corrected chi connectivity index (χ4v) is 2.11. The molecule has 15 heavy (non-hydrogen) atoms. The van der Waals surface area contributed by atoms with E-state index in [1.165, 1.54) is 11.1 Å². The number of nitrogens with zero attached hydrogens (tertiary/aromatic N) is 1. The van der Waals surface area contributed by atoms with Gasteiger partial charge in [-0.25, -0.2) is 0 Å². The zero-order valence-electron chi connectivity index (χ0n) is 9.42. The largest absolute Gasteiger partial charge is 0.495 e. The molecule has 3 heteroatoms. The first kappa shape index (κ1) is 10.3. The van der Waals surface area contributed by atoms with E-state index >= 15 is 0 Å². The van der Waals surface area contributed by atoms with Gasteiger partial charge in [0.25, 0.3) is 0 Å². The van der Waals surface area contributed by atoms with Crippen LogP contribution in [0.1, 0.15) is 18.1 Å². The van der Waals surface area contributed by atoms with Crippen LogP contribution in [0.4, 0.5) is 5.69 Å². The van der Waals surface area contributed by atoms with Crippen LogP contribution in [0, 0.1) is 0 Å². The van der Waals surface area contributed by atoms with E-state index in [4.69, 9.17) is 10.5 Å². The molecule has 0 spiro atoms. The second-order valence-corrected chi connectivity index (χ2v) is 3.98. The average molecular weight is 206 g/mol. The number of benzene rings is 1. The molecule has 0 bridgehead atoms. The quantitative estimate of drug-likeness (QED) is 0.748. The lowest BCUT2D eigenvalue weighted by molar-refractivity contribution is 0.267. The molecule has 1 aliphatic heterocycles. The third-order valence-corrected chi connectivity index (χ3v) is 3.09. The molecule has 0 saturated carbocycles. The Labute approximate surface area is 90.8 Å². The Balaban J connectivity index is 2.32. The van der Waals surface area contributed by atoms with Crippen molar-refractivity contribution in [1.82, 2.24) is 4.90 Å². The van der Waals surface area contributed by atoms with Crippen molar-refractivity contribution >= 4 is 5.69 Å². The molecule has 0 amide bonds. The summed E-state index contributed by atoms with van der Waals surface area (Å²) in [5.41, 5.74) is 9.37. The summed E-state index contributed by atoms with van der Waals surface area (Å²) in [6, 6.07) is 4.13. The van der Waals surface area contributed by atoms with Gasteiger partial charge in [0, 0.05) is 13.1 Å². The molecule has 0 unspecified atom stereocenters. The lowest BCUT2D eigenvalue weighted by Crippen LogP contribution is -2.30. The van der Waals surface area contributed by atoms with Crippen molar-refractivity contribution in [2.24, 2.45) is 0 Å². The molecule has 0 fully saturated rings. The van der Waals surface area contributed by atoms with Crippen molar-refractivity contribution in [3.63, 3.8) is 0 Å². The highest BCUT2D eigenvalue weighted by Crippen LogP contribution is 2.29. The van der Waals surface area contributed by atoms with Crippen LogP contribution >= 0.6 is 0 Å². The van der Waals surface area contributed by atoms with Crippen molar-refractivity contribution in [1.29, 1.82) is 0 Å². The average Bonchev–Trinajstić information content (AvgIpc) is 2.27. The Bertz CT molecular complexity index is 363. The number of ether oxygens (including phenoxy) is 1. The van der Waals surface area contributed by atoms with Crippen LogP contribution in [0.5, 0.6) is 5.75 Å². The molecule has 0 atom stereocenters. The summed E-state index contributed by atoms with van der Waals surface area (Å²) in [7, 11) is 1.67. The molecule has 82 valence electrons. The van der Waals surface area contributed by atoms with E-state index in [0.717, 1.165) is 37.5 Å². The van der Waals surface area contributed by atoms with Crippen molar-refractivity contribution in [3.05, 3.63) is 23.3 Å². The molecule has 0 saturated heterocycles. The summed E-state index contributed by atoms with van der Waals surface area (Å²) < 4.78 is 5.23. The third kappa shape index (κ3) is 1.92. The molecule has 0 aliphatic carbocycles. The first-order chi connectivity index (χ1) is 7.24. The first-order valence-corrected chi connectivity index (χ1v) is 5.42. The van der Waals surface area contributed by atoms with Crippen molar-refractivity contribution < 1.29 is 4.74 Å². The molecule has 0 radical (unpaired) electrons. The van der Waals surface area contributed by atoms with Crippen LogP contribution in [-0.2, 0) is 13.0 Å². The number of nitrogens with two attached hydrogens (primary N) is 1. The number of hydrogen-bond acceptors (Lipinski definition) is 3. The lowest BCUT2D eigenvalue weighted by atomic mass is 9.98. The van der Waals surface area contributed by atoms with E-state index in [0.29, 0.717) is 0 Å². The summed E-state index contributed by atoms with van der Waals surface area (Å²) in [6.45, 7) is 5.44. The number of rotatable bonds is 2. The van der Waals surface area contributed by atoms with Gasteiger partial charge >= 0.3 is 0 Å². The van der Waals surface area contributed by atoms with Gasteiger partial charge in [-0.1, -0.05) is 6.92 Å². The summed E-state index contributed by atoms with van der Waals surface area (Å²) >= 11 is 0. The Morgan fingerprint density at radius 2 is 2.20 bits per heavy atom. The molecule has 1 aromatic carbocycles. The number of nitrogen functional groups attached to an aromatic ring is 1. The van der Waals surface area contributed by atoms with Crippen LogP contribution in [0.3, 0.4) is 0 Å². The maximum absolute atomic E-state index is 5.90. The van der Waals surface area contributed by atoms with E-state index in [1.54, 1.807) is 7.11 Å². The molecule has 0 aromatic heterocycles. The van der Waals surface area contributed by atoms with Gasteiger partial charge in [-0.3, -0.25) is 4.90 Å². The summed E-state index contributed by atoms with van der Waals surface area (Å²) in [5.74, 6) is 0.804. The van der Waals surface area contributed by atoms with Crippen LogP contribution in [0.15, 0.2) is 12.1 Å². The van der Waals surface area contributed by atoms with Crippen LogP contribution < -0.4 is 10.5 Å². The normalized spacial score (nSPS) is 16.1. The minimum absolute atomic E-state index is 0.745.